The molecule has 1 aromatic rings. The van der Waals surface area contributed by atoms with Gasteiger partial charge in [-0.1, -0.05) is 18.2 Å². The first kappa shape index (κ1) is 12.9. The highest BCUT2D eigenvalue weighted by Crippen LogP contribution is 2.39. The molecule has 3 heteroatoms. The third-order valence-electron chi connectivity index (χ3n) is 4.63. The van der Waals surface area contributed by atoms with E-state index >= 15 is 0 Å². The molecule has 0 radical (unpaired) electrons. The first-order valence-corrected chi connectivity index (χ1v) is 7.45. The number of hydrogen-bond donors (Lipinski definition) is 2. The van der Waals surface area contributed by atoms with E-state index in [1.165, 1.54) is 36.9 Å². The second kappa shape index (κ2) is 5.14. The van der Waals surface area contributed by atoms with Crippen LogP contribution in [0.15, 0.2) is 24.3 Å². The SMILES string of the molecule is NC(CO)(CN1CCCCc2ccccc21)C1CC1. The summed E-state index contributed by atoms with van der Waals surface area (Å²) in [6, 6.07) is 8.64. The van der Waals surface area contributed by atoms with E-state index in [0.717, 1.165) is 19.5 Å². The van der Waals surface area contributed by atoms with Crippen molar-refractivity contribution in [3.05, 3.63) is 29.8 Å². The summed E-state index contributed by atoms with van der Waals surface area (Å²) in [4.78, 5) is 2.40. The molecule has 0 spiro atoms. The summed E-state index contributed by atoms with van der Waals surface area (Å²) < 4.78 is 0. The molecule has 3 rings (SSSR count). The fraction of sp³-hybridized carbons (Fsp3) is 0.625. The van der Waals surface area contributed by atoms with Gasteiger partial charge in [-0.2, -0.15) is 0 Å². The van der Waals surface area contributed by atoms with E-state index in [4.69, 9.17) is 5.73 Å². The number of aliphatic hydroxyl groups is 1. The summed E-state index contributed by atoms with van der Waals surface area (Å²) in [5.74, 6) is 0.507. The lowest BCUT2D eigenvalue weighted by atomic mass is 9.94. The molecule has 1 aliphatic carbocycles. The molecule has 0 bridgehead atoms. The van der Waals surface area contributed by atoms with Gasteiger partial charge in [-0.25, -0.2) is 0 Å². The smallest absolute Gasteiger partial charge is 0.0631 e. The minimum absolute atomic E-state index is 0.0936. The van der Waals surface area contributed by atoms with E-state index in [9.17, 15) is 5.11 Å². The third-order valence-corrected chi connectivity index (χ3v) is 4.63. The van der Waals surface area contributed by atoms with Crippen LogP contribution in [0, 0.1) is 5.92 Å². The zero-order valence-electron chi connectivity index (χ0n) is 11.5. The standard InChI is InChI=1S/C16H24N2O/c17-16(12-19,14-8-9-14)11-18-10-4-3-6-13-5-1-2-7-15(13)18/h1-2,5,7,14,19H,3-4,6,8-12,17H2. The van der Waals surface area contributed by atoms with Gasteiger partial charge in [0.2, 0.25) is 0 Å². The second-order valence-corrected chi connectivity index (χ2v) is 6.17. The monoisotopic (exact) mass is 260 g/mol. The van der Waals surface area contributed by atoms with Crippen molar-refractivity contribution in [2.45, 2.75) is 37.6 Å². The number of aliphatic hydroxyl groups excluding tert-OH is 1. The van der Waals surface area contributed by atoms with Crippen molar-refractivity contribution in [1.29, 1.82) is 0 Å². The molecule has 1 saturated carbocycles. The molecule has 0 amide bonds. The predicted molar refractivity (Wildman–Crippen MR) is 78.3 cm³/mol. The molecule has 19 heavy (non-hydrogen) atoms. The van der Waals surface area contributed by atoms with Gasteiger partial charge in [0, 0.05) is 18.8 Å². The highest BCUT2D eigenvalue weighted by molar-refractivity contribution is 5.55. The fourth-order valence-corrected chi connectivity index (χ4v) is 3.26. The van der Waals surface area contributed by atoms with Gasteiger partial charge in [-0.05, 0) is 49.7 Å². The summed E-state index contributed by atoms with van der Waals surface area (Å²) in [5, 5.41) is 9.69. The molecule has 1 fully saturated rings. The van der Waals surface area contributed by atoms with Crippen LogP contribution < -0.4 is 10.6 Å². The predicted octanol–water partition coefficient (Wildman–Crippen LogP) is 1.93. The van der Waals surface area contributed by atoms with Crippen molar-refractivity contribution in [3.8, 4) is 0 Å². The maximum Gasteiger partial charge on any atom is 0.0631 e. The van der Waals surface area contributed by atoms with Crippen LogP contribution >= 0.6 is 0 Å². The molecular formula is C16H24N2O. The number of nitrogens with zero attached hydrogens (tertiary/aromatic N) is 1. The van der Waals surface area contributed by atoms with E-state index in [-0.39, 0.29) is 6.61 Å². The molecule has 1 aromatic carbocycles. The van der Waals surface area contributed by atoms with E-state index in [1.54, 1.807) is 0 Å². The van der Waals surface area contributed by atoms with Gasteiger partial charge in [0.1, 0.15) is 0 Å². The van der Waals surface area contributed by atoms with Crippen molar-refractivity contribution in [3.63, 3.8) is 0 Å². The van der Waals surface area contributed by atoms with E-state index < -0.39 is 5.54 Å². The minimum Gasteiger partial charge on any atom is -0.394 e. The fourth-order valence-electron chi connectivity index (χ4n) is 3.26. The lowest BCUT2D eigenvalue weighted by Gasteiger charge is -2.36. The van der Waals surface area contributed by atoms with Gasteiger partial charge in [-0.15, -0.1) is 0 Å². The average molecular weight is 260 g/mol. The van der Waals surface area contributed by atoms with Crippen LogP contribution in [0.1, 0.15) is 31.2 Å². The first-order chi connectivity index (χ1) is 9.23. The summed E-state index contributed by atoms with van der Waals surface area (Å²) >= 11 is 0. The molecule has 2 aliphatic rings. The van der Waals surface area contributed by atoms with Gasteiger partial charge < -0.3 is 15.7 Å². The van der Waals surface area contributed by atoms with Crippen LogP contribution in [-0.2, 0) is 6.42 Å². The highest BCUT2D eigenvalue weighted by atomic mass is 16.3. The Morgan fingerprint density at radius 3 is 2.79 bits per heavy atom. The van der Waals surface area contributed by atoms with Gasteiger partial charge in [0.05, 0.1) is 12.1 Å². The van der Waals surface area contributed by atoms with Crippen molar-refractivity contribution in [2.75, 3.05) is 24.6 Å². The Morgan fingerprint density at radius 1 is 1.26 bits per heavy atom. The summed E-state index contributed by atoms with van der Waals surface area (Å²) in [6.07, 6.45) is 5.96. The Labute approximate surface area is 115 Å². The molecule has 1 atom stereocenters. The first-order valence-electron chi connectivity index (χ1n) is 7.45. The Kier molecular flexibility index (Phi) is 3.50. The zero-order valence-corrected chi connectivity index (χ0v) is 11.5. The van der Waals surface area contributed by atoms with Crippen LogP contribution in [0.2, 0.25) is 0 Å². The van der Waals surface area contributed by atoms with Crippen molar-refractivity contribution >= 4 is 5.69 Å². The normalized spacial score (nSPS) is 22.5. The van der Waals surface area contributed by atoms with Crippen molar-refractivity contribution in [2.24, 2.45) is 11.7 Å². The highest BCUT2D eigenvalue weighted by Gasteiger charge is 2.43. The molecule has 0 saturated heterocycles. The minimum atomic E-state index is -0.419. The number of anilines is 1. The maximum atomic E-state index is 9.69. The van der Waals surface area contributed by atoms with E-state index in [0.29, 0.717) is 5.92 Å². The molecule has 0 aromatic heterocycles. The van der Waals surface area contributed by atoms with Crippen LogP contribution in [-0.4, -0.2) is 30.3 Å². The Balaban J connectivity index is 1.83. The summed E-state index contributed by atoms with van der Waals surface area (Å²) in [7, 11) is 0. The summed E-state index contributed by atoms with van der Waals surface area (Å²) in [6.45, 7) is 1.93. The molecular weight excluding hydrogens is 236 g/mol. The van der Waals surface area contributed by atoms with E-state index in [1.807, 2.05) is 0 Å². The van der Waals surface area contributed by atoms with Crippen molar-refractivity contribution in [1.82, 2.24) is 0 Å². The van der Waals surface area contributed by atoms with E-state index in [2.05, 4.69) is 29.2 Å². The van der Waals surface area contributed by atoms with Crippen LogP contribution in [0.3, 0.4) is 0 Å². The van der Waals surface area contributed by atoms with Gasteiger partial charge >= 0.3 is 0 Å². The topological polar surface area (TPSA) is 49.5 Å². The number of rotatable bonds is 4. The molecule has 1 heterocycles. The van der Waals surface area contributed by atoms with Crippen LogP contribution in [0.5, 0.6) is 0 Å². The molecule has 3 N–H and O–H groups in total. The van der Waals surface area contributed by atoms with Gasteiger partial charge in [0.25, 0.3) is 0 Å². The lowest BCUT2D eigenvalue weighted by Crippen LogP contribution is -2.55. The van der Waals surface area contributed by atoms with Crippen molar-refractivity contribution < 1.29 is 5.11 Å². The number of benzene rings is 1. The Morgan fingerprint density at radius 2 is 2.05 bits per heavy atom. The number of hydrogen-bond acceptors (Lipinski definition) is 3. The Bertz CT molecular complexity index is 444. The summed E-state index contributed by atoms with van der Waals surface area (Å²) in [5.41, 5.74) is 8.78. The molecule has 1 unspecified atom stereocenters. The number of para-hydroxylation sites is 1. The second-order valence-electron chi connectivity index (χ2n) is 6.17. The third kappa shape index (κ3) is 2.63. The number of nitrogens with two attached hydrogens (primary N) is 1. The van der Waals surface area contributed by atoms with Gasteiger partial charge in [-0.3, -0.25) is 0 Å². The number of fused-ring (bicyclic) bond motifs is 1. The largest absolute Gasteiger partial charge is 0.394 e. The number of aryl methyl sites for hydroxylation is 1. The van der Waals surface area contributed by atoms with Gasteiger partial charge in [0.15, 0.2) is 0 Å². The zero-order chi connectivity index (χ0) is 13.3. The quantitative estimate of drug-likeness (QED) is 0.869. The average Bonchev–Trinajstić information content (AvgIpc) is 3.26. The molecule has 104 valence electrons. The molecule has 1 aliphatic heterocycles. The van der Waals surface area contributed by atoms with Crippen LogP contribution in [0.4, 0.5) is 5.69 Å². The Hall–Kier alpha value is -1.06. The lowest BCUT2D eigenvalue weighted by molar-refractivity contribution is 0.179. The molecule has 3 nitrogen and oxygen atoms in total. The maximum absolute atomic E-state index is 9.69. The van der Waals surface area contributed by atoms with Crippen LogP contribution in [0.25, 0.3) is 0 Å².